The third-order valence-electron chi connectivity index (χ3n) is 3.76. The Morgan fingerprint density at radius 1 is 1.24 bits per heavy atom. The van der Waals surface area contributed by atoms with Crippen molar-refractivity contribution in [3.8, 4) is 0 Å². The van der Waals surface area contributed by atoms with E-state index in [1.807, 2.05) is 30.3 Å². The van der Waals surface area contributed by atoms with Crippen molar-refractivity contribution in [3.63, 3.8) is 0 Å². The van der Waals surface area contributed by atoms with E-state index in [4.69, 9.17) is 9.84 Å². The molecule has 2 rings (SSSR count). The SMILES string of the molecule is O=C(O)CC[C@@H]1CCCCN1C(=O)OCc1ccccc1. The van der Waals surface area contributed by atoms with Crippen molar-refractivity contribution in [1.82, 2.24) is 4.90 Å². The van der Waals surface area contributed by atoms with Crippen molar-refractivity contribution in [3.05, 3.63) is 35.9 Å². The lowest BCUT2D eigenvalue weighted by Crippen LogP contribution is -2.44. The van der Waals surface area contributed by atoms with Gasteiger partial charge in [-0.05, 0) is 31.2 Å². The standard InChI is InChI=1S/C16H21NO4/c18-15(19)10-9-14-8-4-5-11-17(14)16(20)21-12-13-6-2-1-3-7-13/h1-3,6-7,14H,4-5,8-12H2,(H,18,19)/t14-/m0/s1. The van der Waals surface area contributed by atoms with Crippen LogP contribution in [0.2, 0.25) is 0 Å². The van der Waals surface area contributed by atoms with E-state index >= 15 is 0 Å². The first kappa shape index (κ1) is 15.4. The molecule has 5 nitrogen and oxygen atoms in total. The van der Waals surface area contributed by atoms with Crippen LogP contribution < -0.4 is 0 Å². The van der Waals surface area contributed by atoms with Gasteiger partial charge in [0.2, 0.25) is 0 Å². The van der Waals surface area contributed by atoms with Crippen molar-refractivity contribution in [2.24, 2.45) is 0 Å². The molecule has 0 bridgehead atoms. The molecule has 0 saturated carbocycles. The molecule has 0 radical (unpaired) electrons. The molecule has 1 aliphatic heterocycles. The van der Waals surface area contributed by atoms with Crippen molar-refractivity contribution in [1.29, 1.82) is 0 Å². The highest BCUT2D eigenvalue weighted by Crippen LogP contribution is 2.22. The number of carbonyl (C=O) groups is 2. The minimum Gasteiger partial charge on any atom is -0.481 e. The summed E-state index contributed by atoms with van der Waals surface area (Å²) in [4.78, 5) is 24.6. The fourth-order valence-corrected chi connectivity index (χ4v) is 2.63. The summed E-state index contributed by atoms with van der Waals surface area (Å²) in [5, 5.41) is 8.79. The van der Waals surface area contributed by atoms with Crippen LogP contribution in [0.5, 0.6) is 0 Å². The normalized spacial score (nSPS) is 18.3. The Morgan fingerprint density at radius 2 is 2.00 bits per heavy atom. The van der Waals surface area contributed by atoms with Gasteiger partial charge in [0.25, 0.3) is 0 Å². The number of carboxylic acids is 1. The van der Waals surface area contributed by atoms with E-state index in [9.17, 15) is 9.59 Å². The first-order chi connectivity index (χ1) is 10.2. The predicted octanol–water partition coefficient (Wildman–Crippen LogP) is 3.04. The number of benzene rings is 1. The predicted molar refractivity (Wildman–Crippen MR) is 77.8 cm³/mol. The summed E-state index contributed by atoms with van der Waals surface area (Å²) in [5.74, 6) is -0.821. The van der Waals surface area contributed by atoms with Crippen molar-refractivity contribution < 1.29 is 19.4 Å². The number of carboxylic acid groups (broad SMARTS) is 1. The average molecular weight is 291 g/mol. The van der Waals surface area contributed by atoms with Gasteiger partial charge in [-0.3, -0.25) is 4.79 Å². The quantitative estimate of drug-likeness (QED) is 0.905. The minimum absolute atomic E-state index is 0.0156. The number of carbonyl (C=O) groups excluding carboxylic acids is 1. The molecule has 1 aromatic rings. The number of aliphatic carboxylic acids is 1. The maximum absolute atomic E-state index is 12.2. The Labute approximate surface area is 124 Å². The van der Waals surface area contributed by atoms with Gasteiger partial charge in [0.15, 0.2) is 0 Å². The summed E-state index contributed by atoms with van der Waals surface area (Å²) in [7, 11) is 0. The summed E-state index contributed by atoms with van der Waals surface area (Å²) >= 11 is 0. The number of hydrogen-bond acceptors (Lipinski definition) is 3. The van der Waals surface area contributed by atoms with Crippen molar-refractivity contribution in [2.75, 3.05) is 6.54 Å². The zero-order valence-electron chi connectivity index (χ0n) is 12.0. The van der Waals surface area contributed by atoms with E-state index in [1.54, 1.807) is 4.90 Å². The molecule has 21 heavy (non-hydrogen) atoms. The van der Waals surface area contributed by atoms with Crippen molar-refractivity contribution in [2.45, 2.75) is 44.8 Å². The lowest BCUT2D eigenvalue weighted by molar-refractivity contribution is -0.137. The Kier molecular flexibility index (Phi) is 5.60. The molecule has 1 aliphatic rings. The monoisotopic (exact) mass is 291 g/mol. The molecule has 1 N–H and O–H groups in total. The molecule has 0 aromatic heterocycles. The van der Waals surface area contributed by atoms with Gasteiger partial charge in [-0.25, -0.2) is 4.79 Å². The Morgan fingerprint density at radius 3 is 2.71 bits per heavy atom. The fourth-order valence-electron chi connectivity index (χ4n) is 2.63. The maximum atomic E-state index is 12.2. The highest BCUT2D eigenvalue weighted by atomic mass is 16.6. The Hall–Kier alpha value is -2.04. The van der Waals surface area contributed by atoms with E-state index in [1.165, 1.54) is 0 Å². The lowest BCUT2D eigenvalue weighted by atomic mass is 9.98. The molecular formula is C16H21NO4. The topological polar surface area (TPSA) is 66.8 Å². The molecule has 0 spiro atoms. The van der Waals surface area contributed by atoms with Gasteiger partial charge in [-0.15, -0.1) is 0 Å². The van der Waals surface area contributed by atoms with Crippen LogP contribution >= 0.6 is 0 Å². The van der Waals surface area contributed by atoms with Crippen LogP contribution in [-0.4, -0.2) is 34.7 Å². The molecule has 114 valence electrons. The molecule has 1 fully saturated rings. The third-order valence-corrected chi connectivity index (χ3v) is 3.76. The van der Waals surface area contributed by atoms with Crippen LogP contribution in [0.1, 0.15) is 37.7 Å². The van der Waals surface area contributed by atoms with Crippen LogP contribution in [0.15, 0.2) is 30.3 Å². The fraction of sp³-hybridized carbons (Fsp3) is 0.500. The van der Waals surface area contributed by atoms with Gasteiger partial charge in [0.05, 0.1) is 0 Å². The Bertz CT molecular complexity index is 474. The largest absolute Gasteiger partial charge is 0.481 e. The summed E-state index contributed by atoms with van der Waals surface area (Å²) in [5.41, 5.74) is 0.949. The van der Waals surface area contributed by atoms with E-state index in [2.05, 4.69) is 0 Å². The number of likely N-dealkylation sites (tertiary alicyclic amines) is 1. The summed E-state index contributed by atoms with van der Waals surface area (Å²) < 4.78 is 5.34. The summed E-state index contributed by atoms with van der Waals surface area (Å²) in [6.45, 7) is 0.903. The second kappa shape index (κ2) is 7.67. The highest BCUT2D eigenvalue weighted by molar-refractivity contribution is 5.69. The van der Waals surface area contributed by atoms with Crippen LogP contribution in [0.25, 0.3) is 0 Å². The smallest absolute Gasteiger partial charge is 0.410 e. The second-order valence-corrected chi connectivity index (χ2v) is 5.32. The number of amides is 1. The molecule has 1 heterocycles. The third kappa shape index (κ3) is 4.77. The molecule has 0 unspecified atom stereocenters. The Balaban J connectivity index is 1.87. The number of hydrogen-bond donors (Lipinski definition) is 1. The van der Waals surface area contributed by atoms with Crippen LogP contribution in [0, 0.1) is 0 Å². The highest BCUT2D eigenvalue weighted by Gasteiger charge is 2.28. The zero-order valence-corrected chi connectivity index (χ0v) is 12.0. The molecule has 5 heteroatoms. The van der Waals surface area contributed by atoms with Gasteiger partial charge in [0, 0.05) is 19.0 Å². The van der Waals surface area contributed by atoms with E-state index < -0.39 is 5.97 Å². The number of piperidine rings is 1. The van der Waals surface area contributed by atoms with Gasteiger partial charge >= 0.3 is 12.1 Å². The van der Waals surface area contributed by atoms with Crippen LogP contribution in [-0.2, 0) is 16.1 Å². The van der Waals surface area contributed by atoms with E-state index in [0.29, 0.717) is 13.0 Å². The molecule has 1 aromatic carbocycles. The van der Waals surface area contributed by atoms with Gasteiger partial charge in [-0.1, -0.05) is 30.3 Å². The van der Waals surface area contributed by atoms with Gasteiger partial charge < -0.3 is 14.7 Å². The maximum Gasteiger partial charge on any atom is 0.410 e. The zero-order chi connectivity index (χ0) is 15.1. The first-order valence-corrected chi connectivity index (χ1v) is 7.36. The molecular weight excluding hydrogens is 270 g/mol. The second-order valence-electron chi connectivity index (χ2n) is 5.32. The lowest BCUT2D eigenvalue weighted by Gasteiger charge is -2.34. The van der Waals surface area contributed by atoms with Crippen molar-refractivity contribution >= 4 is 12.1 Å². The molecule has 1 saturated heterocycles. The van der Waals surface area contributed by atoms with E-state index in [0.717, 1.165) is 24.8 Å². The van der Waals surface area contributed by atoms with Crippen LogP contribution in [0.4, 0.5) is 4.79 Å². The van der Waals surface area contributed by atoms with Gasteiger partial charge in [-0.2, -0.15) is 0 Å². The summed E-state index contributed by atoms with van der Waals surface area (Å²) in [6.07, 6.45) is 3.09. The summed E-state index contributed by atoms with van der Waals surface area (Å²) in [6, 6.07) is 9.52. The number of nitrogens with zero attached hydrogens (tertiary/aromatic N) is 1. The number of rotatable bonds is 5. The minimum atomic E-state index is -0.821. The van der Waals surface area contributed by atoms with Crippen LogP contribution in [0.3, 0.4) is 0 Å². The number of ether oxygens (including phenoxy) is 1. The molecule has 1 amide bonds. The first-order valence-electron chi connectivity index (χ1n) is 7.36. The average Bonchev–Trinajstić information content (AvgIpc) is 2.52. The van der Waals surface area contributed by atoms with E-state index in [-0.39, 0.29) is 25.2 Å². The molecule has 1 atom stereocenters. The van der Waals surface area contributed by atoms with Gasteiger partial charge in [0.1, 0.15) is 6.61 Å². The molecule has 0 aliphatic carbocycles.